The number of aromatic nitrogens is 1. The van der Waals surface area contributed by atoms with Crippen LogP contribution in [0.5, 0.6) is 0 Å². The maximum absolute atomic E-state index is 12.6. The topological polar surface area (TPSA) is 53.5 Å². The zero-order valence-electron chi connectivity index (χ0n) is 11.9. The minimum atomic E-state index is -0.0759. The summed E-state index contributed by atoms with van der Waals surface area (Å²) in [6, 6.07) is 7.35. The number of carbonyl (C=O) groups excluding carboxylic acids is 2. The van der Waals surface area contributed by atoms with E-state index < -0.39 is 0 Å². The lowest BCUT2D eigenvalue weighted by Gasteiger charge is -2.24. The first-order valence-electron chi connectivity index (χ1n) is 7.32. The second kappa shape index (κ2) is 5.21. The van der Waals surface area contributed by atoms with Crippen molar-refractivity contribution in [2.45, 2.75) is 24.9 Å². The molecule has 0 bridgehead atoms. The molecule has 2 aliphatic heterocycles. The largest absolute Gasteiger partial charge is 0.332 e. The molecule has 6 heteroatoms. The van der Waals surface area contributed by atoms with Gasteiger partial charge in [0.15, 0.2) is 0 Å². The number of amides is 2. The van der Waals surface area contributed by atoms with E-state index in [-0.39, 0.29) is 23.9 Å². The van der Waals surface area contributed by atoms with Gasteiger partial charge in [0, 0.05) is 24.5 Å². The van der Waals surface area contributed by atoms with E-state index in [2.05, 4.69) is 4.98 Å². The SMILES string of the molecule is O=C(c1ccccn1)N1CC[C@@H]2[C@@H]1CC(=O)N2c1ccsc1. The van der Waals surface area contributed by atoms with Gasteiger partial charge in [-0.25, -0.2) is 0 Å². The molecule has 22 heavy (non-hydrogen) atoms. The number of rotatable bonds is 2. The maximum Gasteiger partial charge on any atom is 0.272 e. The fourth-order valence-corrected chi connectivity index (χ4v) is 4.09. The fraction of sp³-hybridized carbons (Fsp3) is 0.312. The Morgan fingerprint density at radius 3 is 2.91 bits per heavy atom. The van der Waals surface area contributed by atoms with Crippen molar-refractivity contribution in [3.05, 3.63) is 46.9 Å². The molecule has 2 atom stereocenters. The highest BCUT2D eigenvalue weighted by molar-refractivity contribution is 7.08. The summed E-state index contributed by atoms with van der Waals surface area (Å²) in [5, 5.41) is 3.96. The number of pyridine rings is 1. The third-order valence-electron chi connectivity index (χ3n) is 4.42. The van der Waals surface area contributed by atoms with Crippen molar-refractivity contribution in [2.24, 2.45) is 0 Å². The molecule has 2 amide bonds. The Balaban J connectivity index is 1.60. The molecule has 2 aromatic rings. The standard InChI is InChI=1S/C16H15N3O2S/c20-15-9-14-13(19(15)11-5-8-22-10-11)4-7-18(14)16(21)12-3-1-2-6-17-12/h1-3,5-6,8,10,13-14H,4,7,9H2/t13-,14+/m1/s1. The van der Waals surface area contributed by atoms with Crippen molar-refractivity contribution in [1.82, 2.24) is 9.88 Å². The van der Waals surface area contributed by atoms with Crippen LogP contribution in [-0.4, -0.2) is 40.3 Å². The first kappa shape index (κ1) is 13.5. The van der Waals surface area contributed by atoms with E-state index in [1.807, 2.05) is 32.7 Å². The molecule has 0 unspecified atom stereocenters. The van der Waals surface area contributed by atoms with Crippen LogP contribution in [0.15, 0.2) is 41.2 Å². The summed E-state index contributed by atoms with van der Waals surface area (Å²) >= 11 is 1.58. The Labute approximate surface area is 132 Å². The monoisotopic (exact) mass is 313 g/mol. The van der Waals surface area contributed by atoms with E-state index in [4.69, 9.17) is 0 Å². The summed E-state index contributed by atoms with van der Waals surface area (Å²) in [7, 11) is 0. The van der Waals surface area contributed by atoms with Crippen molar-refractivity contribution < 1.29 is 9.59 Å². The van der Waals surface area contributed by atoms with Crippen LogP contribution < -0.4 is 4.90 Å². The van der Waals surface area contributed by atoms with Gasteiger partial charge < -0.3 is 9.80 Å². The number of likely N-dealkylation sites (tertiary alicyclic amines) is 1. The van der Waals surface area contributed by atoms with E-state index >= 15 is 0 Å². The molecule has 2 fully saturated rings. The van der Waals surface area contributed by atoms with Gasteiger partial charge in [-0.05, 0) is 30.0 Å². The Morgan fingerprint density at radius 2 is 2.18 bits per heavy atom. The van der Waals surface area contributed by atoms with Gasteiger partial charge in [0.05, 0.1) is 17.8 Å². The van der Waals surface area contributed by atoms with Gasteiger partial charge >= 0.3 is 0 Å². The van der Waals surface area contributed by atoms with Gasteiger partial charge in [-0.2, -0.15) is 11.3 Å². The Hall–Kier alpha value is -2.21. The molecule has 5 nitrogen and oxygen atoms in total. The van der Waals surface area contributed by atoms with Crippen LogP contribution in [0, 0.1) is 0 Å². The van der Waals surface area contributed by atoms with Gasteiger partial charge in [-0.15, -0.1) is 0 Å². The van der Waals surface area contributed by atoms with Crippen molar-refractivity contribution >= 4 is 28.8 Å². The minimum absolute atomic E-state index is 0.0399. The quantitative estimate of drug-likeness (QED) is 0.854. The third kappa shape index (κ3) is 2.02. The van der Waals surface area contributed by atoms with Crippen molar-refractivity contribution in [2.75, 3.05) is 11.4 Å². The Kier molecular flexibility index (Phi) is 3.18. The van der Waals surface area contributed by atoms with Crippen LogP contribution in [0.2, 0.25) is 0 Å². The molecule has 112 valence electrons. The molecule has 0 spiro atoms. The molecule has 2 aromatic heterocycles. The lowest BCUT2D eigenvalue weighted by atomic mass is 10.1. The normalized spacial score (nSPS) is 23.9. The summed E-state index contributed by atoms with van der Waals surface area (Å²) in [5.41, 5.74) is 1.40. The average Bonchev–Trinajstić information content (AvgIpc) is 3.24. The van der Waals surface area contributed by atoms with Gasteiger partial charge in [0.25, 0.3) is 5.91 Å². The first-order valence-corrected chi connectivity index (χ1v) is 8.26. The van der Waals surface area contributed by atoms with Gasteiger partial charge in [0.1, 0.15) is 5.69 Å². The summed E-state index contributed by atoms with van der Waals surface area (Å²) in [5.74, 6) is 0.0278. The zero-order valence-corrected chi connectivity index (χ0v) is 12.7. The number of carbonyl (C=O) groups is 2. The van der Waals surface area contributed by atoms with Crippen molar-refractivity contribution in [3.63, 3.8) is 0 Å². The molecular weight excluding hydrogens is 298 g/mol. The van der Waals surface area contributed by atoms with E-state index in [0.29, 0.717) is 18.7 Å². The molecule has 0 aromatic carbocycles. The van der Waals surface area contributed by atoms with Gasteiger partial charge in [-0.1, -0.05) is 6.07 Å². The fourth-order valence-electron chi connectivity index (χ4n) is 3.47. The van der Waals surface area contributed by atoms with Crippen LogP contribution in [0.25, 0.3) is 0 Å². The van der Waals surface area contributed by atoms with E-state index in [0.717, 1.165) is 12.1 Å². The van der Waals surface area contributed by atoms with Gasteiger partial charge in [-0.3, -0.25) is 14.6 Å². The van der Waals surface area contributed by atoms with Crippen LogP contribution in [0.1, 0.15) is 23.3 Å². The average molecular weight is 313 g/mol. The molecule has 4 rings (SSSR count). The number of anilines is 1. The number of hydrogen-bond donors (Lipinski definition) is 0. The number of hydrogen-bond acceptors (Lipinski definition) is 4. The van der Waals surface area contributed by atoms with Crippen LogP contribution >= 0.6 is 11.3 Å². The summed E-state index contributed by atoms with van der Waals surface area (Å²) in [4.78, 5) is 32.8. The highest BCUT2D eigenvalue weighted by Gasteiger charge is 2.49. The van der Waals surface area contributed by atoms with Gasteiger partial charge in [0.2, 0.25) is 5.91 Å². The van der Waals surface area contributed by atoms with E-state index in [1.165, 1.54) is 0 Å². The molecule has 0 saturated carbocycles. The highest BCUT2D eigenvalue weighted by atomic mass is 32.1. The molecule has 4 heterocycles. The van der Waals surface area contributed by atoms with Crippen LogP contribution in [-0.2, 0) is 4.79 Å². The first-order chi connectivity index (χ1) is 10.8. The lowest BCUT2D eigenvalue weighted by molar-refractivity contribution is -0.117. The highest BCUT2D eigenvalue weighted by Crippen LogP contribution is 2.37. The number of nitrogens with zero attached hydrogens (tertiary/aromatic N) is 3. The van der Waals surface area contributed by atoms with Crippen molar-refractivity contribution in [3.8, 4) is 0 Å². The maximum atomic E-state index is 12.6. The summed E-state index contributed by atoms with van der Waals surface area (Å²) < 4.78 is 0. The molecule has 2 saturated heterocycles. The van der Waals surface area contributed by atoms with Crippen LogP contribution in [0.3, 0.4) is 0 Å². The predicted octanol–water partition coefficient (Wildman–Crippen LogP) is 2.16. The zero-order chi connectivity index (χ0) is 15.1. The Bertz CT molecular complexity index is 701. The lowest BCUT2D eigenvalue weighted by Crippen LogP contribution is -2.40. The smallest absolute Gasteiger partial charge is 0.272 e. The molecule has 0 radical (unpaired) electrons. The van der Waals surface area contributed by atoms with Crippen LogP contribution in [0.4, 0.5) is 5.69 Å². The number of thiophene rings is 1. The Morgan fingerprint density at radius 1 is 1.27 bits per heavy atom. The predicted molar refractivity (Wildman–Crippen MR) is 83.9 cm³/mol. The molecule has 0 aliphatic carbocycles. The molecule has 2 aliphatic rings. The molecular formula is C16H15N3O2S. The van der Waals surface area contributed by atoms with E-state index in [9.17, 15) is 9.59 Å². The number of fused-ring (bicyclic) bond motifs is 1. The van der Waals surface area contributed by atoms with Crippen molar-refractivity contribution in [1.29, 1.82) is 0 Å². The summed E-state index contributed by atoms with van der Waals surface area (Å²) in [6.07, 6.45) is 2.85. The second-order valence-corrected chi connectivity index (χ2v) is 6.37. The summed E-state index contributed by atoms with van der Waals surface area (Å²) in [6.45, 7) is 0.679. The van der Waals surface area contributed by atoms with E-state index in [1.54, 1.807) is 29.7 Å². The second-order valence-electron chi connectivity index (χ2n) is 5.59. The third-order valence-corrected chi connectivity index (χ3v) is 5.09. The molecule has 0 N–H and O–H groups in total. The minimum Gasteiger partial charge on any atom is -0.332 e.